The van der Waals surface area contributed by atoms with Gasteiger partial charge in [0.25, 0.3) is 0 Å². The molecule has 1 atom stereocenters. The Balaban J connectivity index is 1.45. The second-order valence-electron chi connectivity index (χ2n) is 8.14. The van der Waals surface area contributed by atoms with E-state index in [0.717, 1.165) is 22.5 Å². The van der Waals surface area contributed by atoms with Crippen molar-refractivity contribution >= 4 is 28.5 Å². The highest BCUT2D eigenvalue weighted by atomic mass is 16.5. The highest BCUT2D eigenvalue weighted by Crippen LogP contribution is 2.34. The number of amides is 2. The summed E-state index contributed by atoms with van der Waals surface area (Å²) < 4.78 is 12.7. The molecule has 0 saturated carbocycles. The molecule has 2 aliphatic rings. The zero-order valence-corrected chi connectivity index (χ0v) is 18.1. The lowest BCUT2D eigenvalue weighted by Gasteiger charge is -2.27. The predicted octanol–water partition coefficient (Wildman–Crippen LogP) is 2.42. The molecular weight excluding hydrogens is 408 g/mol. The molecule has 0 bridgehead atoms. The number of para-hydroxylation sites is 2. The van der Waals surface area contributed by atoms with E-state index in [1.54, 1.807) is 12.0 Å². The van der Waals surface area contributed by atoms with Gasteiger partial charge in [0, 0.05) is 43.7 Å². The molecule has 3 heterocycles. The van der Waals surface area contributed by atoms with E-state index in [9.17, 15) is 9.59 Å². The number of anilines is 1. The molecule has 1 unspecified atom stereocenters. The van der Waals surface area contributed by atoms with E-state index in [0.29, 0.717) is 45.0 Å². The van der Waals surface area contributed by atoms with E-state index in [1.165, 1.54) is 0 Å². The number of carbonyl (C=O) groups is 2. The van der Waals surface area contributed by atoms with E-state index >= 15 is 0 Å². The van der Waals surface area contributed by atoms with Crippen molar-refractivity contribution in [1.82, 2.24) is 14.5 Å². The monoisotopic (exact) mass is 434 g/mol. The number of imidazole rings is 1. The van der Waals surface area contributed by atoms with Gasteiger partial charge in [0.1, 0.15) is 18.1 Å². The summed E-state index contributed by atoms with van der Waals surface area (Å²) in [5, 5.41) is 0. The topological polar surface area (TPSA) is 76.9 Å². The van der Waals surface area contributed by atoms with Gasteiger partial charge < -0.3 is 23.8 Å². The summed E-state index contributed by atoms with van der Waals surface area (Å²) in [4.78, 5) is 34.4. The first-order valence-electron chi connectivity index (χ1n) is 10.9. The minimum Gasteiger partial charge on any atom is -0.497 e. The fraction of sp³-hybridized carbons (Fsp3) is 0.375. The number of carbonyl (C=O) groups excluding carboxylic acids is 2. The van der Waals surface area contributed by atoms with Crippen LogP contribution in [0.3, 0.4) is 0 Å². The molecule has 2 aliphatic heterocycles. The Morgan fingerprint density at radius 3 is 2.78 bits per heavy atom. The molecule has 5 rings (SSSR count). The van der Waals surface area contributed by atoms with Gasteiger partial charge in [-0.2, -0.15) is 0 Å². The summed E-state index contributed by atoms with van der Waals surface area (Å²) in [5.74, 6) is 1.49. The first-order chi connectivity index (χ1) is 15.6. The molecule has 0 N–H and O–H groups in total. The van der Waals surface area contributed by atoms with Crippen LogP contribution in [-0.2, 0) is 20.9 Å². The Labute approximate surface area is 186 Å². The van der Waals surface area contributed by atoms with Crippen LogP contribution in [0.1, 0.15) is 18.2 Å². The Bertz CT molecular complexity index is 1150. The van der Waals surface area contributed by atoms with Crippen molar-refractivity contribution in [2.24, 2.45) is 0 Å². The molecule has 8 heteroatoms. The van der Waals surface area contributed by atoms with Crippen molar-refractivity contribution in [2.45, 2.75) is 18.9 Å². The van der Waals surface area contributed by atoms with Crippen LogP contribution in [0.2, 0.25) is 0 Å². The second kappa shape index (κ2) is 8.63. The number of hydrogen-bond acceptors (Lipinski definition) is 5. The summed E-state index contributed by atoms with van der Waals surface area (Å²) in [6.07, 6.45) is 0.353. The lowest BCUT2D eigenvalue weighted by Crippen LogP contribution is -2.42. The fourth-order valence-electron chi connectivity index (χ4n) is 4.53. The van der Waals surface area contributed by atoms with E-state index in [-0.39, 0.29) is 24.3 Å². The van der Waals surface area contributed by atoms with Crippen LogP contribution in [-0.4, -0.2) is 66.2 Å². The van der Waals surface area contributed by atoms with Crippen LogP contribution >= 0.6 is 0 Å². The molecule has 2 amide bonds. The smallest absolute Gasteiger partial charge is 0.242 e. The van der Waals surface area contributed by atoms with Gasteiger partial charge in [-0.3, -0.25) is 9.59 Å². The van der Waals surface area contributed by atoms with Crippen molar-refractivity contribution in [3.63, 3.8) is 0 Å². The number of rotatable bonds is 5. The maximum absolute atomic E-state index is 13.0. The Kier molecular flexibility index (Phi) is 5.53. The molecular formula is C24H26N4O4. The zero-order chi connectivity index (χ0) is 22.1. The van der Waals surface area contributed by atoms with E-state index in [2.05, 4.69) is 0 Å². The third-order valence-electron chi connectivity index (χ3n) is 6.20. The second-order valence-corrected chi connectivity index (χ2v) is 8.14. The van der Waals surface area contributed by atoms with E-state index in [1.807, 2.05) is 58.0 Å². The summed E-state index contributed by atoms with van der Waals surface area (Å²) in [5.41, 5.74) is 2.56. The normalized spacial score (nSPS) is 19.0. The van der Waals surface area contributed by atoms with Gasteiger partial charge in [0.15, 0.2) is 0 Å². The molecule has 3 aromatic rings. The SMILES string of the molecule is COc1cccc(N2CC(c3nc4ccccc4n3CC(=O)N3CCOCC3)CC2=O)c1. The number of nitrogens with zero attached hydrogens (tertiary/aromatic N) is 4. The van der Waals surface area contributed by atoms with Gasteiger partial charge in [-0.25, -0.2) is 4.98 Å². The van der Waals surface area contributed by atoms with Crippen molar-refractivity contribution in [3.05, 3.63) is 54.4 Å². The minimum absolute atomic E-state index is 0.0429. The Hall–Kier alpha value is -3.39. The van der Waals surface area contributed by atoms with Crippen LogP contribution < -0.4 is 9.64 Å². The number of benzene rings is 2. The molecule has 0 radical (unpaired) electrons. The predicted molar refractivity (Wildman–Crippen MR) is 120 cm³/mol. The van der Waals surface area contributed by atoms with Gasteiger partial charge in [0.05, 0.1) is 31.4 Å². The van der Waals surface area contributed by atoms with E-state index in [4.69, 9.17) is 14.5 Å². The van der Waals surface area contributed by atoms with Crippen molar-refractivity contribution in [3.8, 4) is 5.75 Å². The average molecular weight is 434 g/mol. The maximum Gasteiger partial charge on any atom is 0.242 e. The molecule has 0 spiro atoms. The van der Waals surface area contributed by atoms with Crippen LogP contribution in [0.5, 0.6) is 5.75 Å². The van der Waals surface area contributed by atoms with Gasteiger partial charge in [-0.05, 0) is 24.3 Å². The molecule has 2 saturated heterocycles. The zero-order valence-electron chi connectivity index (χ0n) is 18.1. The number of hydrogen-bond donors (Lipinski definition) is 0. The quantitative estimate of drug-likeness (QED) is 0.617. The summed E-state index contributed by atoms with van der Waals surface area (Å²) in [6.45, 7) is 3.06. The largest absolute Gasteiger partial charge is 0.497 e. The molecule has 0 aliphatic carbocycles. The summed E-state index contributed by atoms with van der Waals surface area (Å²) >= 11 is 0. The highest BCUT2D eigenvalue weighted by molar-refractivity contribution is 5.96. The number of methoxy groups -OCH3 is 1. The molecule has 2 aromatic carbocycles. The fourth-order valence-corrected chi connectivity index (χ4v) is 4.53. The van der Waals surface area contributed by atoms with Crippen LogP contribution in [0.25, 0.3) is 11.0 Å². The maximum atomic E-state index is 13.0. The van der Waals surface area contributed by atoms with Gasteiger partial charge in [0.2, 0.25) is 11.8 Å². The van der Waals surface area contributed by atoms with Crippen LogP contribution in [0, 0.1) is 0 Å². The minimum atomic E-state index is -0.0985. The third kappa shape index (κ3) is 3.82. The number of aromatic nitrogens is 2. The summed E-state index contributed by atoms with van der Waals surface area (Å²) in [7, 11) is 1.61. The first kappa shape index (κ1) is 20.5. The molecule has 32 heavy (non-hydrogen) atoms. The number of fused-ring (bicyclic) bond motifs is 1. The van der Waals surface area contributed by atoms with Crippen LogP contribution in [0.15, 0.2) is 48.5 Å². The molecule has 1 aromatic heterocycles. The van der Waals surface area contributed by atoms with Gasteiger partial charge in [-0.15, -0.1) is 0 Å². The Morgan fingerprint density at radius 1 is 1.16 bits per heavy atom. The van der Waals surface area contributed by atoms with Crippen molar-refractivity contribution in [1.29, 1.82) is 0 Å². The lowest BCUT2D eigenvalue weighted by atomic mass is 10.1. The number of morpholine rings is 1. The number of ether oxygens (including phenoxy) is 2. The first-order valence-corrected chi connectivity index (χ1v) is 10.9. The van der Waals surface area contributed by atoms with Crippen LogP contribution in [0.4, 0.5) is 5.69 Å². The molecule has 166 valence electrons. The lowest BCUT2D eigenvalue weighted by molar-refractivity contribution is -0.135. The summed E-state index contributed by atoms with van der Waals surface area (Å²) in [6, 6.07) is 15.3. The van der Waals surface area contributed by atoms with Gasteiger partial charge >= 0.3 is 0 Å². The highest BCUT2D eigenvalue weighted by Gasteiger charge is 2.35. The Morgan fingerprint density at radius 2 is 1.97 bits per heavy atom. The molecule has 8 nitrogen and oxygen atoms in total. The van der Waals surface area contributed by atoms with Gasteiger partial charge in [-0.1, -0.05) is 18.2 Å². The standard InChI is InChI=1S/C24H26N4O4/c1-31-19-6-4-5-18(14-19)27-15-17(13-22(27)29)24-25-20-7-2-3-8-21(20)28(24)16-23(30)26-9-11-32-12-10-26/h2-8,14,17H,9-13,15-16H2,1H3. The van der Waals surface area contributed by atoms with Crippen molar-refractivity contribution < 1.29 is 19.1 Å². The van der Waals surface area contributed by atoms with Crippen molar-refractivity contribution in [2.75, 3.05) is 44.9 Å². The average Bonchev–Trinajstić information content (AvgIpc) is 3.40. The third-order valence-corrected chi connectivity index (χ3v) is 6.20. The molecule has 2 fully saturated rings. The van der Waals surface area contributed by atoms with E-state index < -0.39 is 0 Å².